The number of ether oxygens (including phenoxy) is 2. The molecule has 0 radical (unpaired) electrons. The number of hydrogen-bond donors (Lipinski definition) is 2. The van der Waals surface area contributed by atoms with Gasteiger partial charge in [-0.25, -0.2) is 14.4 Å². The number of amides is 1. The number of aliphatic hydroxyl groups is 1. The fourth-order valence-corrected chi connectivity index (χ4v) is 3.96. The van der Waals surface area contributed by atoms with Gasteiger partial charge in [-0.1, -0.05) is 17.7 Å². The highest BCUT2D eigenvalue weighted by Gasteiger charge is 2.27. The lowest BCUT2D eigenvalue weighted by molar-refractivity contribution is -0.141. The van der Waals surface area contributed by atoms with Crippen LogP contribution in [0, 0.1) is 5.82 Å². The molecule has 2 N–H and O–H groups in total. The Kier molecular flexibility index (Phi) is 6.80. The number of benzene rings is 2. The Morgan fingerprint density at radius 2 is 2.03 bits per heavy atom. The molecule has 0 unspecified atom stereocenters. The van der Waals surface area contributed by atoms with Gasteiger partial charge in [-0.15, -0.1) is 0 Å². The molecule has 8 nitrogen and oxygen atoms in total. The summed E-state index contributed by atoms with van der Waals surface area (Å²) < 4.78 is 26.1. The maximum absolute atomic E-state index is 14.4. The molecule has 0 aliphatic carbocycles. The van der Waals surface area contributed by atoms with Gasteiger partial charge in [-0.05, 0) is 25.1 Å². The third kappa shape index (κ3) is 4.94. The zero-order valence-electron chi connectivity index (χ0n) is 18.2. The molecule has 2 heterocycles. The first-order valence-corrected chi connectivity index (χ1v) is 10.9. The summed E-state index contributed by atoms with van der Waals surface area (Å²) in [7, 11) is 1.53. The van der Waals surface area contributed by atoms with Crippen molar-refractivity contribution in [1.29, 1.82) is 0 Å². The Labute approximate surface area is 195 Å². The molecule has 1 atom stereocenters. The van der Waals surface area contributed by atoms with Crippen molar-refractivity contribution in [2.24, 2.45) is 0 Å². The summed E-state index contributed by atoms with van der Waals surface area (Å²) >= 11 is 5.88. The summed E-state index contributed by atoms with van der Waals surface area (Å²) in [6.45, 7) is 2.48. The minimum absolute atomic E-state index is 0.00724. The van der Waals surface area contributed by atoms with Gasteiger partial charge in [0.05, 0.1) is 23.3 Å². The molecule has 1 aliphatic heterocycles. The average molecular weight is 475 g/mol. The molecule has 0 spiro atoms. The van der Waals surface area contributed by atoms with E-state index in [0.717, 1.165) is 0 Å². The molecule has 1 amide bonds. The number of nitrogens with one attached hydrogen (secondary N) is 1. The number of fused-ring (bicyclic) bond motifs is 1. The number of carbonyl (C=O) groups excluding carboxylic acids is 1. The number of nitrogens with zero attached hydrogens (tertiary/aromatic N) is 3. The molecule has 2 aromatic carbocycles. The van der Waals surface area contributed by atoms with E-state index >= 15 is 0 Å². The van der Waals surface area contributed by atoms with Gasteiger partial charge in [0.2, 0.25) is 0 Å². The van der Waals surface area contributed by atoms with E-state index in [-0.39, 0.29) is 22.7 Å². The van der Waals surface area contributed by atoms with Gasteiger partial charge in [-0.2, -0.15) is 0 Å². The Balaban J connectivity index is 1.56. The zero-order chi connectivity index (χ0) is 23.5. The van der Waals surface area contributed by atoms with Crippen LogP contribution in [0.4, 0.5) is 15.9 Å². The summed E-state index contributed by atoms with van der Waals surface area (Å²) in [6, 6.07) is 8.17. The van der Waals surface area contributed by atoms with Gasteiger partial charge in [0.1, 0.15) is 24.4 Å². The molecule has 4 rings (SSSR count). The van der Waals surface area contributed by atoms with Crippen LogP contribution in [-0.2, 0) is 4.79 Å². The maximum atomic E-state index is 14.4. The molecule has 1 aliphatic rings. The number of likely N-dealkylation sites (tertiary alicyclic amines) is 1. The second-order valence-corrected chi connectivity index (χ2v) is 8.19. The highest BCUT2D eigenvalue weighted by atomic mass is 35.5. The van der Waals surface area contributed by atoms with Crippen molar-refractivity contribution in [1.82, 2.24) is 14.9 Å². The van der Waals surface area contributed by atoms with Crippen LogP contribution in [0.25, 0.3) is 10.9 Å². The molecule has 0 bridgehead atoms. The van der Waals surface area contributed by atoms with Crippen LogP contribution in [0.2, 0.25) is 5.02 Å². The topological polar surface area (TPSA) is 96.8 Å². The van der Waals surface area contributed by atoms with Crippen molar-refractivity contribution >= 4 is 39.9 Å². The average Bonchev–Trinajstić information content (AvgIpc) is 2.81. The maximum Gasteiger partial charge on any atom is 0.251 e. The molecular formula is C23H24ClFN4O4. The molecule has 3 aromatic rings. The number of anilines is 2. The predicted molar refractivity (Wildman–Crippen MR) is 123 cm³/mol. The van der Waals surface area contributed by atoms with Gasteiger partial charge in [0.15, 0.2) is 17.3 Å². The summed E-state index contributed by atoms with van der Waals surface area (Å²) in [5.74, 6) is 0.553. The minimum Gasteiger partial charge on any atom is -0.493 e. The molecule has 174 valence electrons. The van der Waals surface area contributed by atoms with E-state index in [1.54, 1.807) is 29.2 Å². The van der Waals surface area contributed by atoms with Crippen LogP contribution in [0.15, 0.2) is 36.7 Å². The molecule has 0 saturated carbocycles. The lowest BCUT2D eigenvalue weighted by Crippen LogP contribution is -2.45. The van der Waals surface area contributed by atoms with E-state index < -0.39 is 11.9 Å². The van der Waals surface area contributed by atoms with Crippen LogP contribution in [0.5, 0.6) is 11.5 Å². The predicted octanol–water partition coefficient (Wildman–Crippen LogP) is 3.93. The number of aliphatic hydroxyl groups excluding tert-OH is 1. The first kappa shape index (κ1) is 23.0. The Morgan fingerprint density at radius 1 is 1.27 bits per heavy atom. The fraction of sp³-hybridized carbons (Fsp3) is 0.348. The lowest BCUT2D eigenvalue weighted by Gasteiger charge is -2.33. The summed E-state index contributed by atoms with van der Waals surface area (Å²) in [5.41, 5.74) is 0.785. The smallest absolute Gasteiger partial charge is 0.251 e. The van der Waals surface area contributed by atoms with Gasteiger partial charge in [-0.3, -0.25) is 4.79 Å². The van der Waals surface area contributed by atoms with Crippen molar-refractivity contribution < 1.29 is 23.8 Å². The minimum atomic E-state index is -1.01. The molecule has 1 fully saturated rings. The number of aromatic nitrogens is 2. The Morgan fingerprint density at radius 3 is 2.73 bits per heavy atom. The van der Waals surface area contributed by atoms with E-state index in [2.05, 4.69) is 15.3 Å². The third-order valence-electron chi connectivity index (χ3n) is 5.53. The lowest BCUT2D eigenvalue weighted by atomic mass is 10.1. The number of hydrogen-bond acceptors (Lipinski definition) is 7. The van der Waals surface area contributed by atoms with E-state index in [1.807, 2.05) is 0 Å². The van der Waals surface area contributed by atoms with E-state index in [0.29, 0.717) is 54.2 Å². The normalized spacial score (nSPS) is 15.4. The highest BCUT2D eigenvalue weighted by molar-refractivity contribution is 6.31. The number of piperidine rings is 1. The highest BCUT2D eigenvalue weighted by Crippen LogP contribution is 2.36. The molecule has 10 heteroatoms. The third-order valence-corrected chi connectivity index (χ3v) is 5.82. The van der Waals surface area contributed by atoms with Crippen LogP contribution in [-0.4, -0.2) is 58.3 Å². The first-order valence-electron chi connectivity index (χ1n) is 10.5. The summed E-state index contributed by atoms with van der Waals surface area (Å²) in [5, 5.41) is 13.1. The van der Waals surface area contributed by atoms with Gasteiger partial charge in [0.25, 0.3) is 5.91 Å². The summed E-state index contributed by atoms with van der Waals surface area (Å²) in [4.78, 5) is 22.2. The zero-order valence-corrected chi connectivity index (χ0v) is 19.0. The molecular weight excluding hydrogens is 451 g/mol. The van der Waals surface area contributed by atoms with E-state index in [9.17, 15) is 14.3 Å². The van der Waals surface area contributed by atoms with Crippen LogP contribution in [0.1, 0.15) is 19.8 Å². The number of rotatable bonds is 6. The van der Waals surface area contributed by atoms with Gasteiger partial charge >= 0.3 is 0 Å². The second-order valence-electron chi connectivity index (χ2n) is 7.79. The fourth-order valence-electron chi connectivity index (χ4n) is 3.78. The second kappa shape index (κ2) is 9.76. The molecule has 1 aromatic heterocycles. The largest absolute Gasteiger partial charge is 0.493 e. The van der Waals surface area contributed by atoms with Crippen molar-refractivity contribution in [3.63, 3.8) is 0 Å². The van der Waals surface area contributed by atoms with Crippen molar-refractivity contribution in [3.05, 3.63) is 47.5 Å². The van der Waals surface area contributed by atoms with Crippen LogP contribution >= 0.6 is 11.6 Å². The van der Waals surface area contributed by atoms with E-state index in [1.165, 1.54) is 26.4 Å². The quantitative estimate of drug-likeness (QED) is 0.558. The monoisotopic (exact) mass is 474 g/mol. The summed E-state index contributed by atoms with van der Waals surface area (Å²) in [6.07, 6.45) is 1.51. The molecule has 1 saturated heterocycles. The van der Waals surface area contributed by atoms with Crippen molar-refractivity contribution in [3.8, 4) is 11.5 Å². The number of methoxy groups -OCH3 is 1. The first-order chi connectivity index (χ1) is 15.9. The SMILES string of the molecule is COc1cc2c(Nc3cccc(Cl)c3F)ncnc2cc1OC1CCN(C(=O)[C@@H](C)O)CC1. The standard InChI is InChI=1S/C23H24ClFN4O4/c1-13(30)23(31)29-8-6-14(7-9-29)33-20-11-18-15(10-19(20)32-2)22(27-12-26-18)28-17-5-3-4-16(24)21(17)25/h3-5,10-14,30H,6-9H2,1-2H3,(H,26,27,28)/t13-/m1/s1. The Bertz CT molecular complexity index is 1170. The van der Waals surface area contributed by atoms with E-state index in [4.69, 9.17) is 21.1 Å². The Hall–Kier alpha value is -3.17. The number of halogens is 2. The van der Waals surface area contributed by atoms with Gasteiger partial charge < -0.3 is 24.8 Å². The van der Waals surface area contributed by atoms with Crippen molar-refractivity contribution in [2.75, 3.05) is 25.5 Å². The van der Waals surface area contributed by atoms with Crippen LogP contribution in [0.3, 0.4) is 0 Å². The van der Waals surface area contributed by atoms with Crippen molar-refractivity contribution in [2.45, 2.75) is 32.0 Å². The van der Waals surface area contributed by atoms with Crippen LogP contribution < -0.4 is 14.8 Å². The van der Waals surface area contributed by atoms with Gasteiger partial charge in [0, 0.05) is 37.4 Å². The molecule has 33 heavy (non-hydrogen) atoms. The number of carbonyl (C=O) groups is 1.